The number of halogens is 2. The molecule has 0 saturated carbocycles. The highest BCUT2D eigenvalue weighted by atomic mass is 32.1. The van der Waals surface area contributed by atoms with Gasteiger partial charge in [-0.2, -0.15) is 4.37 Å². The molecule has 19 heavy (non-hydrogen) atoms. The molecule has 0 unspecified atom stereocenters. The van der Waals surface area contributed by atoms with E-state index in [1.807, 2.05) is 0 Å². The highest BCUT2D eigenvalue weighted by molar-refractivity contribution is 7.09. The lowest BCUT2D eigenvalue weighted by atomic mass is 10.1. The summed E-state index contributed by atoms with van der Waals surface area (Å²) in [6, 6.07) is 3.54. The molecule has 102 valence electrons. The Morgan fingerprint density at radius 1 is 1.32 bits per heavy atom. The van der Waals surface area contributed by atoms with Gasteiger partial charge in [-0.05, 0) is 17.5 Å². The van der Waals surface area contributed by atoms with E-state index in [1.54, 1.807) is 0 Å². The predicted molar refractivity (Wildman–Crippen MR) is 72.4 cm³/mol. The molecule has 0 bridgehead atoms. The van der Waals surface area contributed by atoms with Crippen molar-refractivity contribution in [2.45, 2.75) is 20.3 Å². The van der Waals surface area contributed by atoms with E-state index < -0.39 is 11.6 Å². The first-order valence-corrected chi connectivity index (χ1v) is 6.82. The maximum atomic E-state index is 13.5. The molecule has 1 aromatic carbocycles. The van der Waals surface area contributed by atoms with Gasteiger partial charge in [0.1, 0.15) is 17.5 Å². The van der Waals surface area contributed by atoms with Crippen LogP contribution in [-0.4, -0.2) is 15.9 Å². The Bertz CT molecular complexity index is 555. The van der Waals surface area contributed by atoms with Gasteiger partial charge in [-0.1, -0.05) is 19.9 Å². The smallest absolute Gasteiger partial charge is 0.202 e. The minimum atomic E-state index is -0.577. The largest absolute Gasteiger partial charge is 0.360 e. The van der Waals surface area contributed by atoms with E-state index in [1.165, 1.54) is 23.7 Å². The summed E-state index contributed by atoms with van der Waals surface area (Å²) in [4.78, 5) is 4.28. The first-order chi connectivity index (χ1) is 9.04. The summed E-state index contributed by atoms with van der Waals surface area (Å²) < 4.78 is 30.4. The van der Waals surface area contributed by atoms with Gasteiger partial charge in [0.2, 0.25) is 5.13 Å². The van der Waals surface area contributed by atoms with Gasteiger partial charge in [-0.25, -0.2) is 13.8 Å². The summed E-state index contributed by atoms with van der Waals surface area (Å²) in [5.41, 5.74) is 0.398. The fraction of sp³-hybridized carbons (Fsp3) is 0.385. The first-order valence-electron chi connectivity index (χ1n) is 6.05. The zero-order valence-corrected chi connectivity index (χ0v) is 11.6. The molecule has 0 radical (unpaired) electrons. The third-order valence-electron chi connectivity index (χ3n) is 2.49. The van der Waals surface area contributed by atoms with Crippen molar-refractivity contribution in [3.05, 3.63) is 41.2 Å². The van der Waals surface area contributed by atoms with Gasteiger partial charge in [0, 0.05) is 30.6 Å². The standard InChI is InChI=1S/C13H15F2N3S/c1-8(2)7-16-13-17-12(18-19-13)5-9-3-4-10(14)6-11(9)15/h3-4,6,8H,5,7H2,1-2H3,(H,16,17,18). The Kier molecular flexibility index (Phi) is 4.42. The van der Waals surface area contributed by atoms with Crippen LogP contribution in [0.15, 0.2) is 18.2 Å². The Balaban J connectivity index is 2.03. The van der Waals surface area contributed by atoms with Crippen molar-refractivity contribution in [2.24, 2.45) is 5.92 Å². The maximum absolute atomic E-state index is 13.5. The van der Waals surface area contributed by atoms with E-state index in [9.17, 15) is 8.78 Å². The van der Waals surface area contributed by atoms with Crippen LogP contribution in [0, 0.1) is 17.6 Å². The van der Waals surface area contributed by atoms with Crippen molar-refractivity contribution >= 4 is 16.7 Å². The van der Waals surface area contributed by atoms with E-state index in [4.69, 9.17) is 0 Å². The molecule has 6 heteroatoms. The van der Waals surface area contributed by atoms with Gasteiger partial charge in [0.05, 0.1) is 0 Å². The Hall–Kier alpha value is -1.56. The second-order valence-electron chi connectivity index (χ2n) is 4.70. The van der Waals surface area contributed by atoms with Crippen molar-refractivity contribution in [1.29, 1.82) is 0 Å². The molecule has 0 fully saturated rings. The van der Waals surface area contributed by atoms with Crippen LogP contribution in [0.2, 0.25) is 0 Å². The second-order valence-corrected chi connectivity index (χ2v) is 5.45. The maximum Gasteiger partial charge on any atom is 0.202 e. The summed E-state index contributed by atoms with van der Waals surface area (Å²) >= 11 is 1.25. The van der Waals surface area contributed by atoms with Crippen LogP contribution in [0.4, 0.5) is 13.9 Å². The van der Waals surface area contributed by atoms with Crippen molar-refractivity contribution in [3.8, 4) is 0 Å². The molecule has 0 aliphatic rings. The molecule has 0 aliphatic heterocycles. The van der Waals surface area contributed by atoms with E-state index in [0.29, 0.717) is 17.3 Å². The highest BCUT2D eigenvalue weighted by Crippen LogP contribution is 2.17. The summed E-state index contributed by atoms with van der Waals surface area (Å²) in [6.07, 6.45) is 0.270. The average molecular weight is 283 g/mol. The minimum absolute atomic E-state index is 0.270. The number of aromatic nitrogens is 2. The first kappa shape index (κ1) is 13.9. The number of nitrogens with one attached hydrogen (secondary N) is 1. The van der Waals surface area contributed by atoms with Crippen LogP contribution in [0.5, 0.6) is 0 Å². The van der Waals surface area contributed by atoms with Gasteiger partial charge in [0.15, 0.2) is 0 Å². The topological polar surface area (TPSA) is 37.8 Å². The molecule has 1 heterocycles. The van der Waals surface area contributed by atoms with Gasteiger partial charge < -0.3 is 5.32 Å². The molecule has 3 nitrogen and oxygen atoms in total. The van der Waals surface area contributed by atoms with E-state index in [0.717, 1.165) is 17.7 Å². The Morgan fingerprint density at radius 2 is 2.11 bits per heavy atom. The molecule has 0 saturated heterocycles. The summed E-state index contributed by atoms with van der Waals surface area (Å²) in [6.45, 7) is 5.02. The fourth-order valence-corrected chi connectivity index (χ4v) is 2.12. The van der Waals surface area contributed by atoms with E-state index >= 15 is 0 Å². The lowest BCUT2D eigenvalue weighted by Crippen LogP contribution is -2.07. The average Bonchev–Trinajstić information content (AvgIpc) is 2.78. The fourth-order valence-electron chi connectivity index (χ4n) is 1.52. The number of rotatable bonds is 5. The van der Waals surface area contributed by atoms with Gasteiger partial charge >= 0.3 is 0 Å². The van der Waals surface area contributed by atoms with Crippen LogP contribution >= 0.6 is 11.5 Å². The summed E-state index contributed by atoms with van der Waals surface area (Å²) in [5, 5.41) is 3.89. The number of benzene rings is 1. The van der Waals surface area contributed by atoms with E-state index in [2.05, 4.69) is 28.5 Å². The van der Waals surface area contributed by atoms with Gasteiger partial charge in [-0.3, -0.25) is 0 Å². The SMILES string of the molecule is CC(C)CNc1nc(Cc2ccc(F)cc2F)ns1. The van der Waals surface area contributed by atoms with Crippen LogP contribution in [0.1, 0.15) is 25.2 Å². The molecule has 1 aromatic heterocycles. The lowest BCUT2D eigenvalue weighted by Gasteiger charge is -2.03. The highest BCUT2D eigenvalue weighted by Gasteiger charge is 2.09. The zero-order valence-electron chi connectivity index (χ0n) is 10.8. The number of hydrogen-bond acceptors (Lipinski definition) is 4. The van der Waals surface area contributed by atoms with Crippen molar-refractivity contribution in [3.63, 3.8) is 0 Å². The lowest BCUT2D eigenvalue weighted by molar-refractivity contribution is 0.574. The predicted octanol–water partition coefficient (Wildman–Crippen LogP) is 3.48. The molecule has 0 atom stereocenters. The summed E-state index contributed by atoms with van der Waals surface area (Å²) in [7, 11) is 0. The summed E-state index contributed by atoms with van der Waals surface area (Å²) in [5.74, 6) is -0.0816. The van der Waals surface area contributed by atoms with Crippen molar-refractivity contribution in [2.75, 3.05) is 11.9 Å². The molecule has 0 aliphatic carbocycles. The molecule has 0 amide bonds. The Morgan fingerprint density at radius 3 is 2.79 bits per heavy atom. The molecule has 0 spiro atoms. The molecular weight excluding hydrogens is 268 g/mol. The van der Waals surface area contributed by atoms with Crippen LogP contribution in [0.25, 0.3) is 0 Å². The normalized spacial score (nSPS) is 11.0. The third kappa shape index (κ3) is 3.96. The van der Waals surface area contributed by atoms with Gasteiger partial charge in [0.25, 0.3) is 0 Å². The monoisotopic (exact) mass is 283 g/mol. The second kappa shape index (κ2) is 6.06. The molecule has 1 N–H and O–H groups in total. The molecule has 2 rings (SSSR count). The van der Waals surface area contributed by atoms with Gasteiger partial charge in [-0.15, -0.1) is 0 Å². The van der Waals surface area contributed by atoms with Crippen molar-refractivity contribution in [1.82, 2.24) is 9.36 Å². The van der Waals surface area contributed by atoms with Crippen LogP contribution in [0.3, 0.4) is 0 Å². The van der Waals surface area contributed by atoms with Crippen molar-refractivity contribution < 1.29 is 8.78 Å². The zero-order chi connectivity index (χ0) is 13.8. The third-order valence-corrected chi connectivity index (χ3v) is 3.20. The van der Waals surface area contributed by atoms with Crippen LogP contribution < -0.4 is 5.32 Å². The minimum Gasteiger partial charge on any atom is -0.360 e. The number of nitrogens with zero attached hydrogens (tertiary/aromatic N) is 2. The quantitative estimate of drug-likeness (QED) is 0.913. The van der Waals surface area contributed by atoms with E-state index in [-0.39, 0.29) is 6.42 Å². The molecule has 2 aromatic rings. The van der Waals surface area contributed by atoms with Crippen LogP contribution in [-0.2, 0) is 6.42 Å². The Labute approximate surface area is 114 Å². The number of anilines is 1. The molecular formula is C13H15F2N3S. The number of hydrogen-bond donors (Lipinski definition) is 1.